The number of aromatic nitrogens is 1. The Bertz CT molecular complexity index is 601. The molecular formula is C15H18FN3OS. The second-order valence-electron chi connectivity index (χ2n) is 4.74. The molecule has 0 aliphatic heterocycles. The van der Waals surface area contributed by atoms with Gasteiger partial charge in [-0.2, -0.15) is 0 Å². The van der Waals surface area contributed by atoms with Gasteiger partial charge in [0.1, 0.15) is 11.6 Å². The van der Waals surface area contributed by atoms with Crippen LogP contribution in [0.4, 0.5) is 10.2 Å². The van der Waals surface area contributed by atoms with Crippen LogP contribution in [0.25, 0.3) is 0 Å². The van der Waals surface area contributed by atoms with Gasteiger partial charge in [0, 0.05) is 23.9 Å². The number of nitrogens with zero attached hydrogens (tertiary/aromatic N) is 1. The SMILES string of the molecule is CCNc1ncc(F)cc1C(=O)NC(C)Cc1cccs1. The molecule has 112 valence electrons. The van der Waals surface area contributed by atoms with Crippen molar-refractivity contribution >= 4 is 23.1 Å². The van der Waals surface area contributed by atoms with E-state index in [2.05, 4.69) is 15.6 Å². The van der Waals surface area contributed by atoms with Crippen molar-refractivity contribution in [2.24, 2.45) is 0 Å². The summed E-state index contributed by atoms with van der Waals surface area (Å²) < 4.78 is 13.3. The number of pyridine rings is 1. The van der Waals surface area contributed by atoms with E-state index in [0.29, 0.717) is 12.4 Å². The molecule has 6 heteroatoms. The van der Waals surface area contributed by atoms with E-state index in [9.17, 15) is 9.18 Å². The van der Waals surface area contributed by atoms with Crippen molar-refractivity contribution in [3.05, 3.63) is 46.0 Å². The fourth-order valence-corrected chi connectivity index (χ4v) is 2.84. The molecule has 2 heterocycles. The maximum atomic E-state index is 13.3. The summed E-state index contributed by atoms with van der Waals surface area (Å²) in [5, 5.41) is 7.85. The Morgan fingerprint density at radius 1 is 1.52 bits per heavy atom. The maximum Gasteiger partial charge on any atom is 0.255 e. The van der Waals surface area contributed by atoms with E-state index >= 15 is 0 Å². The zero-order valence-electron chi connectivity index (χ0n) is 12.0. The lowest BCUT2D eigenvalue weighted by atomic mass is 10.1. The lowest BCUT2D eigenvalue weighted by molar-refractivity contribution is 0.0940. The highest BCUT2D eigenvalue weighted by Gasteiger charge is 2.16. The minimum Gasteiger partial charge on any atom is -0.370 e. The van der Waals surface area contributed by atoms with E-state index in [4.69, 9.17) is 0 Å². The smallest absolute Gasteiger partial charge is 0.255 e. The maximum absolute atomic E-state index is 13.3. The molecular weight excluding hydrogens is 289 g/mol. The molecule has 2 N–H and O–H groups in total. The Balaban J connectivity index is 2.07. The van der Waals surface area contributed by atoms with Gasteiger partial charge in [0.25, 0.3) is 5.91 Å². The highest BCUT2D eigenvalue weighted by molar-refractivity contribution is 7.09. The first kappa shape index (κ1) is 15.4. The zero-order valence-corrected chi connectivity index (χ0v) is 12.8. The number of amides is 1. The summed E-state index contributed by atoms with van der Waals surface area (Å²) in [7, 11) is 0. The summed E-state index contributed by atoms with van der Waals surface area (Å²) >= 11 is 1.65. The molecule has 21 heavy (non-hydrogen) atoms. The van der Waals surface area contributed by atoms with Gasteiger partial charge in [-0.05, 0) is 31.4 Å². The van der Waals surface area contributed by atoms with Gasteiger partial charge >= 0.3 is 0 Å². The molecule has 1 atom stereocenters. The quantitative estimate of drug-likeness (QED) is 0.862. The number of hydrogen-bond donors (Lipinski definition) is 2. The number of halogens is 1. The fraction of sp³-hybridized carbons (Fsp3) is 0.333. The standard InChI is InChI=1S/C15H18FN3OS/c1-3-17-14-13(8-11(16)9-18-14)15(20)19-10(2)7-12-5-4-6-21-12/h4-6,8-10H,3,7H2,1-2H3,(H,17,18)(H,19,20). The molecule has 0 aliphatic carbocycles. The molecule has 0 aromatic carbocycles. The van der Waals surface area contributed by atoms with Crippen molar-refractivity contribution in [3.63, 3.8) is 0 Å². The van der Waals surface area contributed by atoms with Gasteiger partial charge < -0.3 is 10.6 Å². The third kappa shape index (κ3) is 4.26. The van der Waals surface area contributed by atoms with Gasteiger partial charge in [-0.3, -0.25) is 4.79 Å². The second kappa shape index (κ2) is 7.17. The van der Waals surface area contributed by atoms with Crippen molar-refractivity contribution in [1.29, 1.82) is 0 Å². The van der Waals surface area contributed by atoms with E-state index in [1.165, 1.54) is 10.9 Å². The molecule has 0 saturated heterocycles. The molecule has 0 saturated carbocycles. The van der Waals surface area contributed by atoms with Crippen molar-refractivity contribution in [2.75, 3.05) is 11.9 Å². The van der Waals surface area contributed by atoms with Crippen molar-refractivity contribution in [2.45, 2.75) is 26.3 Å². The van der Waals surface area contributed by atoms with Crippen molar-refractivity contribution < 1.29 is 9.18 Å². The van der Waals surface area contributed by atoms with Crippen molar-refractivity contribution in [1.82, 2.24) is 10.3 Å². The number of carbonyl (C=O) groups is 1. The van der Waals surface area contributed by atoms with Gasteiger partial charge in [-0.15, -0.1) is 11.3 Å². The van der Waals surface area contributed by atoms with Gasteiger partial charge in [0.15, 0.2) is 0 Å². The first-order valence-corrected chi connectivity index (χ1v) is 7.70. The highest BCUT2D eigenvalue weighted by atomic mass is 32.1. The Labute approximate surface area is 127 Å². The number of rotatable bonds is 6. The van der Waals surface area contributed by atoms with Gasteiger partial charge in [-0.25, -0.2) is 9.37 Å². The molecule has 2 rings (SSSR count). The summed E-state index contributed by atoms with van der Waals surface area (Å²) in [6.07, 6.45) is 1.85. The van der Waals surface area contributed by atoms with Gasteiger partial charge in [0.2, 0.25) is 0 Å². The molecule has 4 nitrogen and oxygen atoms in total. The van der Waals surface area contributed by atoms with Crippen LogP contribution in [0.5, 0.6) is 0 Å². The van der Waals surface area contributed by atoms with Crippen LogP contribution >= 0.6 is 11.3 Å². The number of anilines is 1. The first-order valence-electron chi connectivity index (χ1n) is 6.82. The Hall–Kier alpha value is -1.95. The van der Waals surface area contributed by atoms with Crippen LogP contribution < -0.4 is 10.6 Å². The van der Waals surface area contributed by atoms with E-state index < -0.39 is 5.82 Å². The number of nitrogens with one attached hydrogen (secondary N) is 2. The van der Waals surface area contributed by atoms with E-state index in [1.807, 2.05) is 31.4 Å². The third-order valence-corrected chi connectivity index (χ3v) is 3.81. The molecule has 0 radical (unpaired) electrons. The van der Waals surface area contributed by atoms with E-state index in [1.54, 1.807) is 11.3 Å². The van der Waals surface area contributed by atoms with Gasteiger partial charge in [-0.1, -0.05) is 6.07 Å². The van der Waals surface area contributed by atoms with Crippen LogP contribution in [-0.4, -0.2) is 23.5 Å². The lowest BCUT2D eigenvalue weighted by Gasteiger charge is -2.15. The highest BCUT2D eigenvalue weighted by Crippen LogP contribution is 2.15. The summed E-state index contributed by atoms with van der Waals surface area (Å²) in [5.41, 5.74) is 0.231. The second-order valence-corrected chi connectivity index (χ2v) is 5.77. The minimum atomic E-state index is -0.521. The summed E-state index contributed by atoms with van der Waals surface area (Å²) in [6, 6.07) is 5.18. The normalized spacial score (nSPS) is 12.0. The Morgan fingerprint density at radius 3 is 3.00 bits per heavy atom. The molecule has 0 aliphatic rings. The molecule has 0 spiro atoms. The van der Waals surface area contributed by atoms with Crippen LogP contribution in [0.3, 0.4) is 0 Å². The van der Waals surface area contributed by atoms with Gasteiger partial charge in [0.05, 0.1) is 11.8 Å². The molecule has 2 aromatic heterocycles. The van der Waals surface area contributed by atoms with E-state index in [-0.39, 0.29) is 17.5 Å². The van der Waals surface area contributed by atoms with Crippen LogP contribution in [0.2, 0.25) is 0 Å². The number of thiophene rings is 1. The summed E-state index contributed by atoms with van der Waals surface area (Å²) in [4.78, 5) is 17.4. The molecule has 2 aromatic rings. The first-order chi connectivity index (χ1) is 10.1. The Morgan fingerprint density at radius 2 is 2.33 bits per heavy atom. The van der Waals surface area contributed by atoms with E-state index in [0.717, 1.165) is 12.6 Å². The van der Waals surface area contributed by atoms with Crippen molar-refractivity contribution in [3.8, 4) is 0 Å². The molecule has 0 fully saturated rings. The topological polar surface area (TPSA) is 54.0 Å². The zero-order chi connectivity index (χ0) is 15.2. The predicted molar refractivity (Wildman–Crippen MR) is 83.3 cm³/mol. The van der Waals surface area contributed by atoms with Crippen LogP contribution in [0, 0.1) is 5.82 Å². The van der Waals surface area contributed by atoms with Crippen LogP contribution in [0.1, 0.15) is 29.1 Å². The average Bonchev–Trinajstić information content (AvgIpc) is 2.93. The average molecular weight is 307 g/mol. The number of carbonyl (C=O) groups excluding carboxylic acids is 1. The largest absolute Gasteiger partial charge is 0.370 e. The minimum absolute atomic E-state index is 0.0334. The fourth-order valence-electron chi connectivity index (χ4n) is 2.00. The summed E-state index contributed by atoms with van der Waals surface area (Å²) in [6.45, 7) is 4.44. The van der Waals surface area contributed by atoms with Crippen LogP contribution in [0.15, 0.2) is 29.8 Å². The number of hydrogen-bond acceptors (Lipinski definition) is 4. The van der Waals surface area contributed by atoms with Crippen LogP contribution in [-0.2, 0) is 6.42 Å². The monoisotopic (exact) mass is 307 g/mol. The summed E-state index contributed by atoms with van der Waals surface area (Å²) in [5.74, 6) is -0.436. The third-order valence-electron chi connectivity index (χ3n) is 2.91. The molecule has 1 unspecified atom stereocenters. The lowest BCUT2D eigenvalue weighted by Crippen LogP contribution is -2.34. The molecule has 0 bridgehead atoms. The molecule has 1 amide bonds. The predicted octanol–water partition coefficient (Wildman–Crippen LogP) is 3.08. The Kier molecular flexibility index (Phi) is 5.27.